The quantitative estimate of drug-likeness (QED) is 0.745. The van der Waals surface area contributed by atoms with E-state index in [0.717, 1.165) is 28.1 Å². The van der Waals surface area contributed by atoms with E-state index in [9.17, 15) is 9.59 Å². The second-order valence-corrected chi connectivity index (χ2v) is 8.55. The molecule has 0 aromatic heterocycles. The van der Waals surface area contributed by atoms with Crippen molar-refractivity contribution in [2.75, 3.05) is 6.61 Å². The third-order valence-corrected chi connectivity index (χ3v) is 6.20. The molecule has 1 aliphatic carbocycles. The van der Waals surface area contributed by atoms with Crippen molar-refractivity contribution in [1.82, 2.24) is 5.32 Å². The number of allylic oxidation sites excluding steroid dienone is 2. The van der Waals surface area contributed by atoms with Crippen LogP contribution < -0.4 is 10.1 Å². The number of Topliss-reactive ketones (excluding diaryl/α,β-unsaturated/α-hetero) is 1. The van der Waals surface area contributed by atoms with E-state index < -0.39 is 0 Å². The molecule has 4 rings (SSSR count). The van der Waals surface area contributed by atoms with Crippen LogP contribution in [0.2, 0.25) is 0 Å². The van der Waals surface area contributed by atoms with Gasteiger partial charge in [0.2, 0.25) is 5.91 Å². The number of carbonyl (C=O) groups excluding carboxylic acids is 2. The Hall–Kier alpha value is -2.88. The van der Waals surface area contributed by atoms with Gasteiger partial charge < -0.3 is 10.1 Å². The van der Waals surface area contributed by atoms with Gasteiger partial charge in [-0.1, -0.05) is 50.2 Å². The molecule has 2 unspecified atom stereocenters. The molecule has 1 N–H and O–H groups in total. The number of carbonyl (C=O) groups is 2. The largest absolute Gasteiger partial charge is 0.494 e. The van der Waals surface area contributed by atoms with Crippen LogP contribution in [0.3, 0.4) is 0 Å². The Morgan fingerprint density at radius 1 is 0.933 bits per heavy atom. The van der Waals surface area contributed by atoms with E-state index in [0.29, 0.717) is 31.8 Å². The second kappa shape index (κ2) is 8.47. The van der Waals surface area contributed by atoms with Crippen LogP contribution in [-0.2, 0) is 9.59 Å². The molecule has 0 saturated heterocycles. The second-order valence-electron chi connectivity index (χ2n) is 8.55. The summed E-state index contributed by atoms with van der Waals surface area (Å²) in [6.45, 7) is 6.91. The summed E-state index contributed by atoms with van der Waals surface area (Å²) in [7, 11) is 0. The number of ketones is 1. The zero-order valence-electron chi connectivity index (χ0n) is 17.9. The third-order valence-electron chi connectivity index (χ3n) is 6.20. The first-order valence-electron chi connectivity index (χ1n) is 10.8. The smallest absolute Gasteiger partial charge is 0.225 e. The van der Waals surface area contributed by atoms with Crippen molar-refractivity contribution in [3.05, 3.63) is 76.5 Å². The van der Waals surface area contributed by atoms with E-state index in [1.807, 2.05) is 31.2 Å². The minimum Gasteiger partial charge on any atom is -0.494 e. The Bertz CT molecular complexity index is 970. The van der Waals surface area contributed by atoms with Crippen molar-refractivity contribution in [3.63, 3.8) is 0 Å². The lowest BCUT2D eigenvalue weighted by atomic mass is 9.73. The van der Waals surface area contributed by atoms with Crippen molar-refractivity contribution in [2.45, 2.75) is 57.8 Å². The lowest BCUT2D eigenvalue weighted by molar-refractivity contribution is -0.122. The average Bonchev–Trinajstić information content (AvgIpc) is 2.73. The number of ether oxygens (including phenoxy) is 1. The SMILES string of the molecule is CCOc1ccc(C2CC(=O)C3=C(C2)NC(=O)CC3c2ccc(C(C)C)cc2)cc1. The van der Waals surface area contributed by atoms with Gasteiger partial charge >= 0.3 is 0 Å². The highest BCUT2D eigenvalue weighted by Gasteiger charge is 2.38. The highest BCUT2D eigenvalue weighted by molar-refractivity contribution is 6.02. The predicted molar refractivity (Wildman–Crippen MR) is 118 cm³/mol. The van der Waals surface area contributed by atoms with Crippen LogP contribution in [0.1, 0.15) is 74.5 Å². The first-order chi connectivity index (χ1) is 14.5. The molecule has 4 heteroatoms. The van der Waals surface area contributed by atoms with Gasteiger partial charge in [-0.25, -0.2) is 0 Å². The van der Waals surface area contributed by atoms with Crippen LogP contribution in [0, 0.1) is 0 Å². The summed E-state index contributed by atoms with van der Waals surface area (Å²) in [4.78, 5) is 25.7. The van der Waals surface area contributed by atoms with Gasteiger partial charge in [0.15, 0.2) is 5.78 Å². The minimum absolute atomic E-state index is 0.00756. The zero-order chi connectivity index (χ0) is 21.3. The molecule has 0 saturated carbocycles. The van der Waals surface area contributed by atoms with E-state index in [-0.39, 0.29) is 23.5 Å². The highest BCUT2D eigenvalue weighted by Crippen LogP contribution is 2.42. The Morgan fingerprint density at radius 3 is 2.23 bits per heavy atom. The van der Waals surface area contributed by atoms with Crippen LogP contribution in [0.25, 0.3) is 0 Å². The van der Waals surface area contributed by atoms with Crippen molar-refractivity contribution in [3.8, 4) is 5.75 Å². The van der Waals surface area contributed by atoms with E-state index in [2.05, 4.69) is 43.4 Å². The summed E-state index contributed by atoms with van der Waals surface area (Å²) >= 11 is 0. The van der Waals surface area contributed by atoms with Gasteiger partial charge in [-0.3, -0.25) is 9.59 Å². The number of benzene rings is 2. The van der Waals surface area contributed by atoms with Gasteiger partial charge in [-0.15, -0.1) is 0 Å². The first kappa shape index (κ1) is 20.4. The summed E-state index contributed by atoms with van der Waals surface area (Å²) in [6.07, 6.45) is 1.49. The number of rotatable bonds is 5. The fourth-order valence-corrected chi connectivity index (χ4v) is 4.60. The van der Waals surface area contributed by atoms with Crippen LogP contribution in [0.15, 0.2) is 59.8 Å². The molecule has 0 spiro atoms. The maximum Gasteiger partial charge on any atom is 0.225 e. The molecule has 0 bridgehead atoms. The van der Waals surface area contributed by atoms with Crippen molar-refractivity contribution >= 4 is 11.7 Å². The van der Waals surface area contributed by atoms with Crippen molar-refractivity contribution in [1.29, 1.82) is 0 Å². The van der Waals surface area contributed by atoms with Gasteiger partial charge in [0.05, 0.1) is 6.61 Å². The van der Waals surface area contributed by atoms with Crippen LogP contribution in [-0.4, -0.2) is 18.3 Å². The Morgan fingerprint density at radius 2 is 1.60 bits per heavy atom. The molecule has 30 heavy (non-hydrogen) atoms. The van der Waals surface area contributed by atoms with Crippen molar-refractivity contribution in [2.24, 2.45) is 0 Å². The molecule has 0 fully saturated rings. The van der Waals surface area contributed by atoms with E-state index in [1.165, 1.54) is 5.56 Å². The topological polar surface area (TPSA) is 55.4 Å². The van der Waals surface area contributed by atoms with Gasteiger partial charge in [-0.2, -0.15) is 0 Å². The minimum atomic E-state index is -0.149. The molecule has 1 aliphatic heterocycles. The van der Waals surface area contributed by atoms with Gasteiger partial charge in [-0.05, 0) is 54.0 Å². The molecule has 2 aliphatic rings. The maximum atomic E-state index is 13.2. The van der Waals surface area contributed by atoms with Crippen LogP contribution in [0.5, 0.6) is 5.75 Å². The standard InChI is InChI=1S/C26H29NO3/c1-4-30-21-11-9-18(10-12-21)20-13-23-26(24(28)14-20)22(15-25(29)27-23)19-7-5-17(6-8-19)16(2)3/h5-12,16,20,22H,4,13-15H2,1-3H3,(H,27,29). The normalized spacial score (nSPS) is 21.5. The Kier molecular flexibility index (Phi) is 5.76. The molecule has 1 amide bonds. The molecular weight excluding hydrogens is 374 g/mol. The van der Waals surface area contributed by atoms with E-state index in [4.69, 9.17) is 4.74 Å². The monoisotopic (exact) mass is 403 g/mol. The Balaban J connectivity index is 1.62. The fourth-order valence-electron chi connectivity index (χ4n) is 4.60. The lowest BCUT2D eigenvalue weighted by Crippen LogP contribution is -2.38. The zero-order valence-corrected chi connectivity index (χ0v) is 17.9. The molecule has 0 radical (unpaired) electrons. The molecule has 156 valence electrons. The maximum absolute atomic E-state index is 13.2. The molecule has 2 aromatic carbocycles. The summed E-state index contributed by atoms with van der Waals surface area (Å²) in [5.74, 6) is 1.35. The first-order valence-corrected chi connectivity index (χ1v) is 10.8. The molecule has 2 aromatic rings. The fraction of sp³-hybridized carbons (Fsp3) is 0.385. The van der Waals surface area contributed by atoms with E-state index >= 15 is 0 Å². The summed E-state index contributed by atoms with van der Waals surface area (Å²) in [5.41, 5.74) is 5.03. The number of hydrogen-bond donors (Lipinski definition) is 1. The van der Waals surface area contributed by atoms with Gasteiger partial charge in [0.1, 0.15) is 5.75 Å². The van der Waals surface area contributed by atoms with Crippen molar-refractivity contribution < 1.29 is 14.3 Å². The highest BCUT2D eigenvalue weighted by atomic mass is 16.5. The average molecular weight is 404 g/mol. The summed E-state index contributed by atoms with van der Waals surface area (Å²) < 4.78 is 5.52. The molecule has 2 atom stereocenters. The van der Waals surface area contributed by atoms with Crippen LogP contribution >= 0.6 is 0 Å². The third kappa shape index (κ3) is 4.04. The summed E-state index contributed by atoms with van der Waals surface area (Å²) in [5, 5.41) is 3.00. The molecule has 1 heterocycles. The van der Waals surface area contributed by atoms with Gasteiger partial charge in [0.25, 0.3) is 0 Å². The summed E-state index contributed by atoms with van der Waals surface area (Å²) in [6, 6.07) is 16.3. The van der Waals surface area contributed by atoms with E-state index in [1.54, 1.807) is 0 Å². The lowest BCUT2D eigenvalue weighted by Gasteiger charge is -2.34. The Labute approximate surface area is 178 Å². The predicted octanol–water partition coefficient (Wildman–Crippen LogP) is 5.21. The number of hydrogen-bond acceptors (Lipinski definition) is 3. The number of nitrogens with one attached hydrogen (secondary N) is 1. The van der Waals surface area contributed by atoms with Crippen LogP contribution in [0.4, 0.5) is 0 Å². The molecular formula is C26H29NO3. The molecule has 4 nitrogen and oxygen atoms in total. The number of amides is 1. The van der Waals surface area contributed by atoms with Gasteiger partial charge in [0, 0.05) is 30.0 Å².